The van der Waals surface area contributed by atoms with Crippen molar-refractivity contribution in [1.29, 1.82) is 0 Å². The van der Waals surface area contributed by atoms with Crippen LogP contribution in [-0.2, 0) is 61.6 Å². The highest BCUT2D eigenvalue weighted by Crippen LogP contribution is 2.37. The summed E-state index contributed by atoms with van der Waals surface area (Å²) in [6.07, 6.45) is -67.7. The highest BCUT2D eigenvalue weighted by Gasteiger charge is 2.58. The van der Waals surface area contributed by atoms with Gasteiger partial charge in [0, 0.05) is 0 Å². The van der Waals surface area contributed by atoms with Crippen LogP contribution in [0.3, 0.4) is 0 Å². The van der Waals surface area contributed by atoms with Gasteiger partial charge >= 0.3 is 0 Å². The van der Waals surface area contributed by atoms with Gasteiger partial charge in [-0.3, -0.25) is 0 Å². The van der Waals surface area contributed by atoms with Crippen LogP contribution in [0.1, 0.15) is 0 Å². The molecule has 0 aromatic rings. The van der Waals surface area contributed by atoms with Gasteiger partial charge in [0.25, 0.3) is 0 Å². The highest BCUT2D eigenvalue weighted by atomic mass is 16.8. The van der Waals surface area contributed by atoms with Crippen LogP contribution in [0.5, 0.6) is 0 Å². The summed E-state index contributed by atoms with van der Waals surface area (Å²) in [6, 6.07) is 0. The molecule has 6 fully saturated rings. The van der Waals surface area contributed by atoms with E-state index < -0.39 is 255 Å². The van der Waals surface area contributed by atoms with E-state index >= 15 is 0 Å². The lowest BCUT2D eigenvalue weighted by atomic mass is 9.95. The normalized spacial score (nSPS) is 48.5. The van der Waals surface area contributed by atoms with E-state index in [1.807, 2.05) is 0 Å². The van der Waals surface area contributed by atoms with Crippen LogP contribution in [0.25, 0.3) is 0 Å². The average molecular weight is 1170 g/mol. The van der Waals surface area contributed by atoms with Crippen LogP contribution in [-0.4, -0.2) is 384 Å². The number of ether oxygens (including phenoxy) is 12. The van der Waals surface area contributed by atoms with Gasteiger partial charge in [-0.1, -0.05) is 0 Å². The first-order valence-corrected chi connectivity index (χ1v) is 24.4. The molecule has 6 heterocycles. The quantitative estimate of drug-likeness (QED) is 0.0423. The minimum Gasteiger partial charge on any atom is -0.412 e. The third-order valence-corrected chi connectivity index (χ3v) is 14.1. The fourth-order valence-corrected chi connectivity index (χ4v) is 9.55. The Kier molecular flexibility index (Phi) is 25.7. The van der Waals surface area contributed by atoms with Gasteiger partial charge in [0.1, 0.15) is 171 Å². The molecule has 0 amide bonds. The Labute approximate surface area is 445 Å². The summed E-state index contributed by atoms with van der Waals surface area (Å²) < 4.78 is 66.5. The Morgan fingerprint density at radius 1 is 0.342 bits per heavy atom. The minimum absolute atomic E-state index is 0. The van der Waals surface area contributed by atoms with E-state index in [0.717, 1.165) is 0 Å². The van der Waals surface area contributed by atoms with Crippen molar-refractivity contribution in [2.45, 2.75) is 209 Å². The molecular formula is C42H74O37. The Hall–Kier alpha value is -1.77. The van der Waals surface area contributed by atoms with Crippen LogP contribution in [0.15, 0.2) is 0 Å². The Balaban J connectivity index is 0.0000115. The molecule has 0 aromatic heterocycles. The SMILES string of the molecule is O.O=C[C@H](O)[C@@H](O)[C@H](O[C@H]1O[C@H](CO)[C@@H](O[C@H]2O[C@H](CO)[C@@H](O[C@H]3O[C@H](CO)[C@@H](O[C@H]4O[C@H](CO)[C@@H](O[C@H]5O[C@H](CO)[C@@H](O[C@H]6O[C@H](CO)[C@@H](O)[C@H](O)[C@H]6O)[C@H](O)[C@H]5O)[C@H](O)[C@H]4O)[C@H](O)[C@H]3O)[C@H](O)[C@H]2O)[C@H](O)[C@H]1O)[C@H](O)CO. The molecule has 0 aliphatic carbocycles. The van der Waals surface area contributed by atoms with Crippen molar-refractivity contribution < 1.29 is 185 Å². The van der Waals surface area contributed by atoms with Gasteiger partial charge in [-0.05, 0) is 0 Å². The van der Waals surface area contributed by atoms with Crippen molar-refractivity contribution in [2.24, 2.45) is 0 Å². The molecule has 0 bridgehead atoms. The van der Waals surface area contributed by atoms with E-state index in [2.05, 4.69) is 0 Å². The predicted molar refractivity (Wildman–Crippen MR) is 237 cm³/mol. The molecule has 6 rings (SSSR count). The van der Waals surface area contributed by atoms with E-state index in [-0.39, 0.29) is 11.8 Å². The Morgan fingerprint density at radius 3 is 0.835 bits per heavy atom. The molecule has 0 spiro atoms. The Morgan fingerprint density at radius 2 is 0.582 bits per heavy atom. The van der Waals surface area contributed by atoms with Crippen molar-refractivity contribution in [3.05, 3.63) is 0 Å². The standard InChI is InChI=1S/C42H72O36.H2O/c43-1-9(51)17(53)31(10(52)2-44)73-38-26(62)20(56)33(12(4-46)68-38)75-40-28(64)22(58)35(14(6-48)70-40)77-42-30(66)24(60)36(16(8-50)72-42)78-41-29(65)23(59)34(15(7-49)71-41)76-39-27(63)21(57)32(13(5-47)69-39)74-37-25(61)19(55)18(54)11(3-45)67-37;/h1,9-42,44-66H,2-8H2;1H2/t9-,10+,11+,12+,13+,14+,15+,16+,17+,18+,19-,20+,21+,22+,23+,24+,25+,26+,27+,28+,29+,30+,31+,32+,33+,34+,35+,36+,37+,38+,39+,40+,41+,42+;/m0./s1. The number of hydrogen-bond acceptors (Lipinski definition) is 36. The molecule has 37 nitrogen and oxygen atoms in total. The summed E-state index contributed by atoms with van der Waals surface area (Å²) in [5, 5.41) is 242. The molecule has 34 atom stereocenters. The summed E-state index contributed by atoms with van der Waals surface area (Å²) in [5.41, 5.74) is 0. The lowest BCUT2D eigenvalue weighted by Gasteiger charge is -2.50. The fraction of sp³-hybridized carbons (Fsp3) is 0.976. The molecule has 6 aliphatic rings. The number of hydrogen-bond donors (Lipinski definition) is 23. The molecule has 6 saturated heterocycles. The largest absolute Gasteiger partial charge is 0.412 e. The van der Waals surface area contributed by atoms with E-state index in [4.69, 9.17) is 56.8 Å². The van der Waals surface area contributed by atoms with Gasteiger partial charge in [-0.2, -0.15) is 0 Å². The van der Waals surface area contributed by atoms with Crippen LogP contribution in [0.2, 0.25) is 0 Å². The maximum absolute atomic E-state index is 11.3. The molecule has 0 unspecified atom stereocenters. The number of carbonyl (C=O) groups excluding carboxylic acids is 1. The second-order valence-electron chi connectivity index (χ2n) is 19.2. The number of aldehydes is 1. The first kappa shape index (κ1) is 68.0. The van der Waals surface area contributed by atoms with Crippen LogP contribution < -0.4 is 0 Å². The van der Waals surface area contributed by atoms with Crippen LogP contribution in [0.4, 0.5) is 0 Å². The van der Waals surface area contributed by atoms with Crippen molar-refractivity contribution in [2.75, 3.05) is 46.2 Å². The zero-order valence-electron chi connectivity index (χ0n) is 41.3. The summed E-state index contributed by atoms with van der Waals surface area (Å²) in [4.78, 5) is 11.1. The van der Waals surface area contributed by atoms with Gasteiger partial charge < -0.3 is 185 Å². The molecule has 0 aromatic carbocycles. The topological polar surface area (TPSA) is 625 Å². The first-order valence-electron chi connectivity index (χ1n) is 24.4. The fourth-order valence-electron chi connectivity index (χ4n) is 9.55. The number of aliphatic hydroxyl groups excluding tert-OH is 23. The molecule has 79 heavy (non-hydrogen) atoms. The zero-order valence-corrected chi connectivity index (χ0v) is 41.3. The molecule has 0 radical (unpaired) electrons. The van der Waals surface area contributed by atoms with Gasteiger partial charge in [0.05, 0.1) is 46.2 Å². The molecule has 0 saturated carbocycles. The number of rotatable bonds is 23. The van der Waals surface area contributed by atoms with E-state index in [1.54, 1.807) is 0 Å². The average Bonchev–Trinajstić information content (AvgIpc) is 3.45. The Bertz CT molecular complexity index is 1790. The van der Waals surface area contributed by atoms with Crippen molar-refractivity contribution in [3.8, 4) is 0 Å². The second kappa shape index (κ2) is 29.8. The molecule has 25 N–H and O–H groups in total. The lowest BCUT2D eigenvalue weighted by molar-refractivity contribution is -0.397. The van der Waals surface area contributed by atoms with E-state index in [0.29, 0.717) is 0 Å². The maximum Gasteiger partial charge on any atom is 0.187 e. The smallest absolute Gasteiger partial charge is 0.187 e. The van der Waals surface area contributed by atoms with E-state index in [9.17, 15) is 122 Å². The lowest BCUT2D eigenvalue weighted by Crippen LogP contribution is -2.68. The molecule has 37 heteroatoms. The maximum atomic E-state index is 11.3. The van der Waals surface area contributed by atoms with Crippen LogP contribution >= 0.6 is 0 Å². The minimum atomic E-state index is -2.24. The molecular weight excluding hydrogens is 1100 g/mol. The summed E-state index contributed by atoms with van der Waals surface area (Å²) in [5.74, 6) is 0. The van der Waals surface area contributed by atoms with Gasteiger partial charge in [0.2, 0.25) is 0 Å². The third kappa shape index (κ3) is 14.5. The third-order valence-electron chi connectivity index (χ3n) is 14.1. The van der Waals surface area contributed by atoms with Crippen molar-refractivity contribution in [1.82, 2.24) is 0 Å². The van der Waals surface area contributed by atoms with Crippen molar-refractivity contribution in [3.63, 3.8) is 0 Å². The molecule has 464 valence electrons. The predicted octanol–water partition coefficient (Wildman–Crippen LogP) is -17.3. The van der Waals surface area contributed by atoms with E-state index in [1.165, 1.54) is 0 Å². The van der Waals surface area contributed by atoms with Crippen molar-refractivity contribution >= 4 is 6.29 Å². The molecule has 6 aliphatic heterocycles. The summed E-state index contributed by atoms with van der Waals surface area (Å²) in [6.45, 7) is -7.20. The number of carbonyl (C=O) groups is 1. The monoisotopic (exact) mass is 1170 g/mol. The van der Waals surface area contributed by atoms with Gasteiger partial charge in [0.15, 0.2) is 44.0 Å². The van der Waals surface area contributed by atoms with Gasteiger partial charge in [-0.25, -0.2) is 0 Å². The highest BCUT2D eigenvalue weighted by molar-refractivity contribution is 5.56. The van der Waals surface area contributed by atoms with Crippen LogP contribution in [0, 0.1) is 0 Å². The first-order chi connectivity index (χ1) is 37.0. The summed E-state index contributed by atoms with van der Waals surface area (Å²) >= 11 is 0. The zero-order chi connectivity index (χ0) is 57.8. The number of aliphatic hydroxyl groups is 23. The second-order valence-corrected chi connectivity index (χ2v) is 19.2. The summed E-state index contributed by atoms with van der Waals surface area (Å²) in [7, 11) is 0. The van der Waals surface area contributed by atoms with Gasteiger partial charge in [-0.15, -0.1) is 0 Å².